The van der Waals surface area contributed by atoms with Crippen LogP contribution in [0.4, 0.5) is 0 Å². The molecule has 0 aliphatic carbocycles. The standard InChI is InChI=1S/C11H24N2O2/c1-8(6-9(7-12)15-5)10(14)13-11(2,3)4/h8-9H,6-7,12H2,1-5H3,(H,13,14). The zero-order valence-corrected chi connectivity index (χ0v) is 10.5. The van der Waals surface area contributed by atoms with Crippen molar-refractivity contribution in [1.82, 2.24) is 5.32 Å². The Morgan fingerprint density at radius 1 is 1.47 bits per heavy atom. The van der Waals surface area contributed by atoms with Crippen LogP contribution in [-0.2, 0) is 9.53 Å². The molecule has 0 rings (SSSR count). The maximum atomic E-state index is 11.7. The Bertz CT molecular complexity index is 195. The van der Waals surface area contributed by atoms with E-state index in [1.807, 2.05) is 27.7 Å². The lowest BCUT2D eigenvalue weighted by molar-refractivity contribution is -0.127. The first kappa shape index (κ1) is 14.4. The predicted octanol–water partition coefficient (Wildman–Crippen LogP) is 0.901. The normalized spacial score (nSPS) is 15.9. The van der Waals surface area contributed by atoms with E-state index in [1.165, 1.54) is 0 Å². The van der Waals surface area contributed by atoms with Crippen molar-refractivity contribution >= 4 is 5.91 Å². The van der Waals surface area contributed by atoms with Crippen LogP contribution in [0.1, 0.15) is 34.1 Å². The second kappa shape index (κ2) is 6.08. The van der Waals surface area contributed by atoms with Gasteiger partial charge in [0.25, 0.3) is 0 Å². The smallest absolute Gasteiger partial charge is 0.223 e. The molecule has 4 heteroatoms. The van der Waals surface area contributed by atoms with Crippen LogP contribution in [0, 0.1) is 5.92 Å². The Hall–Kier alpha value is -0.610. The van der Waals surface area contributed by atoms with Crippen molar-refractivity contribution in [3.63, 3.8) is 0 Å². The molecule has 0 aliphatic rings. The molecular weight excluding hydrogens is 192 g/mol. The van der Waals surface area contributed by atoms with Gasteiger partial charge in [0.05, 0.1) is 6.10 Å². The zero-order chi connectivity index (χ0) is 12.1. The number of amides is 1. The number of rotatable bonds is 5. The summed E-state index contributed by atoms with van der Waals surface area (Å²) >= 11 is 0. The molecule has 2 unspecified atom stereocenters. The van der Waals surface area contributed by atoms with Crippen LogP contribution in [0.3, 0.4) is 0 Å². The molecule has 1 amide bonds. The van der Waals surface area contributed by atoms with Crippen LogP contribution in [0.25, 0.3) is 0 Å². The van der Waals surface area contributed by atoms with E-state index in [9.17, 15) is 4.79 Å². The summed E-state index contributed by atoms with van der Waals surface area (Å²) in [4.78, 5) is 11.7. The van der Waals surface area contributed by atoms with Gasteiger partial charge in [-0.05, 0) is 27.2 Å². The van der Waals surface area contributed by atoms with Crippen molar-refractivity contribution in [1.29, 1.82) is 0 Å². The number of hydrogen-bond acceptors (Lipinski definition) is 3. The molecule has 90 valence electrons. The fourth-order valence-corrected chi connectivity index (χ4v) is 1.28. The number of carbonyl (C=O) groups excluding carboxylic acids is 1. The van der Waals surface area contributed by atoms with Gasteiger partial charge in [-0.15, -0.1) is 0 Å². The molecule has 0 saturated heterocycles. The van der Waals surface area contributed by atoms with E-state index in [-0.39, 0.29) is 23.5 Å². The molecule has 4 nitrogen and oxygen atoms in total. The van der Waals surface area contributed by atoms with E-state index < -0.39 is 0 Å². The fraction of sp³-hybridized carbons (Fsp3) is 0.909. The molecule has 15 heavy (non-hydrogen) atoms. The molecule has 0 radical (unpaired) electrons. The Balaban J connectivity index is 4.09. The van der Waals surface area contributed by atoms with E-state index >= 15 is 0 Å². The quantitative estimate of drug-likeness (QED) is 0.717. The summed E-state index contributed by atoms with van der Waals surface area (Å²) in [5.74, 6) is -0.0178. The van der Waals surface area contributed by atoms with Crippen molar-refractivity contribution in [2.45, 2.75) is 45.8 Å². The van der Waals surface area contributed by atoms with Crippen LogP contribution in [-0.4, -0.2) is 31.2 Å². The third-order valence-corrected chi connectivity index (χ3v) is 2.16. The van der Waals surface area contributed by atoms with Crippen molar-refractivity contribution in [2.24, 2.45) is 11.7 Å². The lowest BCUT2D eigenvalue weighted by atomic mass is 10.0. The van der Waals surface area contributed by atoms with Gasteiger partial charge in [-0.2, -0.15) is 0 Å². The van der Waals surface area contributed by atoms with Crippen molar-refractivity contribution in [3.05, 3.63) is 0 Å². The number of ether oxygens (including phenoxy) is 1. The molecule has 0 aromatic rings. The summed E-state index contributed by atoms with van der Waals surface area (Å²) in [6.45, 7) is 8.24. The van der Waals surface area contributed by atoms with Crippen LogP contribution >= 0.6 is 0 Å². The highest BCUT2D eigenvalue weighted by atomic mass is 16.5. The second-order valence-electron chi connectivity index (χ2n) is 4.97. The summed E-state index contributed by atoms with van der Waals surface area (Å²) in [5, 5.41) is 2.94. The SMILES string of the molecule is COC(CN)CC(C)C(=O)NC(C)(C)C. The summed E-state index contributed by atoms with van der Waals surface area (Å²) in [6.07, 6.45) is 0.625. The minimum Gasteiger partial charge on any atom is -0.380 e. The van der Waals surface area contributed by atoms with Crippen molar-refractivity contribution in [3.8, 4) is 0 Å². The molecule has 0 fully saturated rings. The third kappa shape index (κ3) is 6.47. The van der Waals surface area contributed by atoms with Gasteiger partial charge in [-0.25, -0.2) is 0 Å². The molecule has 2 atom stereocenters. The second-order valence-corrected chi connectivity index (χ2v) is 4.97. The van der Waals surface area contributed by atoms with Gasteiger partial charge in [0.15, 0.2) is 0 Å². The van der Waals surface area contributed by atoms with Crippen molar-refractivity contribution < 1.29 is 9.53 Å². The maximum absolute atomic E-state index is 11.7. The zero-order valence-electron chi connectivity index (χ0n) is 10.5. The summed E-state index contributed by atoms with van der Waals surface area (Å²) in [5.41, 5.74) is 5.32. The van der Waals surface area contributed by atoms with Gasteiger partial charge >= 0.3 is 0 Å². The predicted molar refractivity (Wildman–Crippen MR) is 61.5 cm³/mol. The summed E-state index contributed by atoms with van der Waals surface area (Å²) in [7, 11) is 1.62. The highest BCUT2D eigenvalue weighted by Gasteiger charge is 2.21. The van der Waals surface area contributed by atoms with E-state index in [0.717, 1.165) is 0 Å². The van der Waals surface area contributed by atoms with Crippen LogP contribution < -0.4 is 11.1 Å². The lowest BCUT2D eigenvalue weighted by Gasteiger charge is -2.24. The first-order chi connectivity index (χ1) is 6.80. The molecular formula is C11H24N2O2. The number of carbonyl (C=O) groups is 1. The average molecular weight is 216 g/mol. The van der Waals surface area contributed by atoms with Gasteiger partial charge in [0.2, 0.25) is 5.91 Å². The van der Waals surface area contributed by atoms with E-state index in [1.54, 1.807) is 7.11 Å². The maximum Gasteiger partial charge on any atom is 0.223 e. The highest BCUT2D eigenvalue weighted by Crippen LogP contribution is 2.10. The molecule has 0 heterocycles. The molecule has 0 spiro atoms. The van der Waals surface area contributed by atoms with E-state index in [4.69, 9.17) is 10.5 Å². The minimum atomic E-state index is -0.184. The summed E-state index contributed by atoms with van der Waals surface area (Å²) in [6, 6.07) is 0. The van der Waals surface area contributed by atoms with E-state index in [0.29, 0.717) is 13.0 Å². The fourth-order valence-electron chi connectivity index (χ4n) is 1.28. The van der Waals surface area contributed by atoms with Crippen LogP contribution in [0.15, 0.2) is 0 Å². The van der Waals surface area contributed by atoms with Crippen LogP contribution in [0.2, 0.25) is 0 Å². The number of methoxy groups -OCH3 is 1. The average Bonchev–Trinajstić information content (AvgIpc) is 2.10. The highest BCUT2D eigenvalue weighted by molar-refractivity contribution is 5.78. The summed E-state index contributed by atoms with van der Waals surface area (Å²) < 4.78 is 5.15. The lowest BCUT2D eigenvalue weighted by Crippen LogP contribution is -2.44. The Kier molecular flexibility index (Phi) is 5.83. The molecule has 0 saturated carbocycles. The minimum absolute atomic E-state index is 0.0364. The molecule has 3 N–H and O–H groups in total. The Morgan fingerprint density at radius 3 is 2.33 bits per heavy atom. The van der Waals surface area contributed by atoms with E-state index in [2.05, 4.69) is 5.32 Å². The topological polar surface area (TPSA) is 64.3 Å². The van der Waals surface area contributed by atoms with Gasteiger partial charge in [0.1, 0.15) is 0 Å². The Morgan fingerprint density at radius 2 is 2.00 bits per heavy atom. The Labute approximate surface area is 92.6 Å². The first-order valence-corrected chi connectivity index (χ1v) is 5.35. The first-order valence-electron chi connectivity index (χ1n) is 5.35. The van der Waals surface area contributed by atoms with Gasteiger partial charge in [-0.1, -0.05) is 6.92 Å². The third-order valence-electron chi connectivity index (χ3n) is 2.16. The monoisotopic (exact) mass is 216 g/mol. The van der Waals surface area contributed by atoms with Crippen molar-refractivity contribution in [2.75, 3.05) is 13.7 Å². The van der Waals surface area contributed by atoms with Crippen LogP contribution in [0.5, 0.6) is 0 Å². The molecule has 0 bridgehead atoms. The van der Waals surface area contributed by atoms with Gasteiger partial charge < -0.3 is 15.8 Å². The number of nitrogens with two attached hydrogens (primary N) is 1. The number of hydrogen-bond donors (Lipinski definition) is 2. The largest absolute Gasteiger partial charge is 0.380 e. The number of nitrogens with one attached hydrogen (secondary N) is 1. The molecule has 0 aliphatic heterocycles. The van der Waals surface area contributed by atoms with Gasteiger partial charge in [-0.3, -0.25) is 4.79 Å². The van der Waals surface area contributed by atoms with Gasteiger partial charge in [0, 0.05) is 25.1 Å². The molecule has 0 aromatic heterocycles. The molecule has 0 aromatic carbocycles.